The number of hydrogen-bond donors (Lipinski definition) is 1. The van der Waals surface area contributed by atoms with Gasteiger partial charge in [-0.1, -0.05) is 19.1 Å². The molecule has 1 aliphatic rings. The predicted octanol–water partition coefficient (Wildman–Crippen LogP) is 3.41. The Hall–Kier alpha value is -1.80. The Balaban J connectivity index is 1.92. The summed E-state index contributed by atoms with van der Waals surface area (Å²) in [6.45, 7) is 2.04. The highest BCUT2D eigenvalue weighted by Gasteiger charge is 2.27. The third kappa shape index (κ3) is 5.68. The van der Waals surface area contributed by atoms with Crippen molar-refractivity contribution < 1.29 is 27.4 Å². The molecule has 1 saturated heterocycles. The molecule has 24 heavy (non-hydrogen) atoms. The van der Waals surface area contributed by atoms with Crippen LogP contribution in [0.15, 0.2) is 24.3 Å². The Morgan fingerprint density at radius 3 is 2.96 bits per heavy atom. The van der Waals surface area contributed by atoms with Gasteiger partial charge in [0, 0.05) is 12.2 Å². The summed E-state index contributed by atoms with van der Waals surface area (Å²) in [6, 6.07) is 6.40. The Kier molecular flexibility index (Phi) is 6.44. The summed E-state index contributed by atoms with van der Waals surface area (Å²) >= 11 is 0. The van der Waals surface area contributed by atoms with Crippen LogP contribution >= 0.6 is 0 Å². The second-order valence-electron chi connectivity index (χ2n) is 5.57. The van der Waals surface area contributed by atoms with Gasteiger partial charge in [0.1, 0.15) is 6.61 Å². The van der Waals surface area contributed by atoms with E-state index in [1.54, 1.807) is 29.2 Å². The molecule has 1 fully saturated rings. The van der Waals surface area contributed by atoms with Crippen molar-refractivity contribution in [2.45, 2.75) is 32.2 Å². The van der Waals surface area contributed by atoms with Crippen LogP contribution in [0.5, 0.6) is 0 Å². The van der Waals surface area contributed by atoms with Crippen molar-refractivity contribution in [2.75, 3.05) is 31.7 Å². The van der Waals surface area contributed by atoms with Crippen LogP contribution < -0.4 is 5.32 Å². The molecule has 0 saturated carbocycles. The molecule has 5 nitrogen and oxygen atoms in total. The lowest BCUT2D eigenvalue weighted by Gasteiger charge is -2.35. The molecule has 8 heteroatoms. The number of urea groups is 1. The second-order valence-corrected chi connectivity index (χ2v) is 5.57. The molecular weight excluding hydrogens is 325 g/mol. The lowest BCUT2D eigenvalue weighted by molar-refractivity contribution is -0.176. The molecule has 2 amide bonds. The number of carbonyl (C=O) groups is 1. The number of amides is 2. The molecule has 0 aromatic heterocycles. The number of morpholine rings is 1. The van der Waals surface area contributed by atoms with E-state index in [0.717, 1.165) is 6.42 Å². The summed E-state index contributed by atoms with van der Waals surface area (Å²) in [6.07, 6.45) is -3.56. The topological polar surface area (TPSA) is 50.8 Å². The van der Waals surface area contributed by atoms with Crippen LogP contribution in [0.4, 0.5) is 23.7 Å². The van der Waals surface area contributed by atoms with Crippen molar-refractivity contribution in [3.63, 3.8) is 0 Å². The number of alkyl halides is 3. The molecular formula is C16H21F3N2O3. The molecule has 0 radical (unpaired) electrons. The molecule has 0 bridgehead atoms. The lowest BCUT2D eigenvalue weighted by Crippen LogP contribution is -2.50. The van der Waals surface area contributed by atoms with Gasteiger partial charge in [-0.3, -0.25) is 0 Å². The molecule has 1 aromatic rings. The Bertz CT molecular complexity index is 552. The van der Waals surface area contributed by atoms with Crippen LogP contribution in [0.25, 0.3) is 0 Å². The maximum Gasteiger partial charge on any atom is 0.411 e. The van der Waals surface area contributed by atoms with Gasteiger partial charge in [0.15, 0.2) is 0 Å². The zero-order valence-electron chi connectivity index (χ0n) is 13.4. The fourth-order valence-corrected chi connectivity index (χ4v) is 2.48. The molecule has 1 aliphatic heterocycles. The Morgan fingerprint density at radius 2 is 2.25 bits per heavy atom. The van der Waals surface area contributed by atoms with Gasteiger partial charge in [0.05, 0.1) is 25.9 Å². The quantitative estimate of drug-likeness (QED) is 0.889. The molecule has 1 atom stereocenters. The zero-order valence-corrected chi connectivity index (χ0v) is 13.4. The van der Waals surface area contributed by atoms with Gasteiger partial charge in [-0.15, -0.1) is 0 Å². The number of benzene rings is 1. The number of nitrogens with one attached hydrogen (secondary N) is 1. The van der Waals surface area contributed by atoms with Crippen LogP contribution in [-0.4, -0.2) is 49.5 Å². The molecule has 0 aliphatic carbocycles. The maximum atomic E-state index is 12.4. The van der Waals surface area contributed by atoms with Crippen LogP contribution in [0.1, 0.15) is 18.9 Å². The SMILES string of the molecule is CCC1COCCN1C(=O)Nc1cccc(COCC(F)(F)F)c1. The predicted molar refractivity (Wildman–Crippen MR) is 82.8 cm³/mol. The second kappa shape index (κ2) is 8.34. The van der Waals surface area contributed by atoms with Gasteiger partial charge >= 0.3 is 12.2 Å². The van der Waals surface area contributed by atoms with E-state index >= 15 is 0 Å². The normalized spacial score (nSPS) is 18.5. The van der Waals surface area contributed by atoms with Crippen LogP contribution in [0.3, 0.4) is 0 Å². The van der Waals surface area contributed by atoms with Crippen molar-refractivity contribution in [1.82, 2.24) is 4.90 Å². The third-order valence-electron chi connectivity index (χ3n) is 3.67. The van der Waals surface area contributed by atoms with Crippen molar-refractivity contribution in [3.8, 4) is 0 Å². The monoisotopic (exact) mass is 346 g/mol. The van der Waals surface area contributed by atoms with E-state index < -0.39 is 12.8 Å². The van der Waals surface area contributed by atoms with E-state index in [1.165, 1.54) is 0 Å². The zero-order chi connectivity index (χ0) is 17.6. The standard InChI is InChI=1S/C16H21F3N2O3/c1-2-14-10-23-7-6-21(14)15(22)20-13-5-3-4-12(8-13)9-24-11-16(17,18)19/h3-5,8,14H,2,6-7,9-11H2,1H3,(H,20,22). The fraction of sp³-hybridized carbons (Fsp3) is 0.562. The first-order chi connectivity index (χ1) is 11.4. The average Bonchev–Trinajstić information content (AvgIpc) is 2.54. The fourth-order valence-electron chi connectivity index (χ4n) is 2.48. The number of hydrogen-bond acceptors (Lipinski definition) is 3. The van der Waals surface area contributed by atoms with E-state index in [2.05, 4.69) is 10.1 Å². The average molecular weight is 346 g/mol. The van der Waals surface area contributed by atoms with Gasteiger partial charge < -0.3 is 19.7 Å². The van der Waals surface area contributed by atoms with Gasteiger partial charge in [-0.05, 0) is 24.1 Å². The van der Waals surface area contributed by atoms with E-state index in [-0.39, 0.29) is 18.7 Å². The molecule has 1 N–H and O–H groups in total. The van der Waals surface area contributed by atoms with Gasteiger partial charge in [0.2, 0.25) is 0 Å². The number of rotatable bonds is 5. The van der Waals surface area contributed by atoms with Crippen LogP contribution in [0, 0.1) is 0 Å². The number of halogens is 3. The Labute approximate surface area is 138 Å². The van der Waals surface area contributed by atoms with Crippen molar-refractivity contribution in [3.05, 3.63) is 29.8 Å². The lowest BCUT2D eigenvalue weighted by atomic mass is 10.2. The Morgan fingerprint density at radius 1 is 1.46 bits per heavy atom. The van der Waals surface area contributed by atoms with E-state index in [4.69, 9.17) is 4.74 Å². The maximum absolute atomic E-state index is 12.4. The molecule has 2 rings (SSSR count). The summed E-state index contributed by atoms with van der Waals surface area (Å²) in [7, 11) is 0. The summed E-state index contributed by atoms with van der Waals surface area (Å²) in [4.78, 5) is 14.1. The minimum absolute atomic E-state index is 0.0250. The molecule has 0 spiro atoms. The summed E-state index contributed by atoms with van der Waals surface area (Å²) in [5.41, 5.74) is 1.08. The molecule has 1 aromatic carbocycles. The minimum Gasteiger partial charge on any atom is -0.377 e. The van der Waals surface area contributed by atoms with E-state index in [9.17, 15) is 18.0 Å². The van der Waals surface area contributed by atoms with Gasteiger partial charge in [0.25, 0.3) is 0 Å². The van der Waals surface area contributed by atoms with Crippen molar-refractivity contribution in [2.24, 2.45) is 0 Å². The van der Waals surface area contributed by atoms with Crippen molar-refractivity contribution in [1.29, 1.82) is 0 Å². The largest absolute Gasteiger partial charge is 0.411 e. The summed E-state index contributed by atoms with van der Waals surface area (Å²) in [5.74, 6) is 0. The highest BCUT2D eigenvalue weighted by molar-refractivity contribution is 5.89. The molecule has 134 valence electrons. The number of ether oxygens (including phenoxy) is 2. The van der Waals surface area contributed by atoms with Crippen LogP contribution in [-0.2, 0) is 16.1 Å². The summed E-state index contributed by atoms with van der Waals surface area (Å²) in [5, 5.41) is 2.78. The number of nitrogens with zero attached hydrogens (tertiary/aromatic N) is 1. The van der Waals surface area contributed by atoms with Crippen molar-refractivity contribution >= 4 is 11.7 Å². The summed E-state index contributed by atoms with van der Waals surface area (Å²) < 4.78 is 46.3. The van der Waals surface area contributed by atoms with Gasteiger partial charge in [-0.25, -0.2) is 4.79 Å². The van der Waals surface area contributed by atoms with Gasteiger partial charge in [-0.2, -0.15) is 13.2 Å². The first-order valence-electron chi connectivity index (χ1n) is 7.78. The van der Waals surface area contributed by atoms with E-state index in [0.29, 0.717) is 31.0 Å². The van der Waals surface area contributed by atoms with Crippen LogP contribution in [0.2, 0.25) is 0 Å². The highest BCUT2D eigenvalue weighted by Crippen LogP contribution is 2.18. The third-order valence-corrected chi connectivity index (χ3v) is 3.67. The molecule has 1 unspecified atom stereocenters. The first kappa shape index (κ1) is 18.5. The minimum atomic E-state index is -4.35. The van der Waals surface area contributed by atoms with E-state index in [1.807, 2.05) is 6.92 Å². The number of anilines is 1. The highest BCUT2D eigenvalue weighted by atomic mass is 19.4. The number of carbonyl (C=O) groups excluding carboxylic acids is 1. The molecule has 1 heterocycles. The first-order valence-corrected chi connectivity index (χ1v) is 7.78. The smallest absolute Gasteiger partial charge is 0.377 e.